The van der Waals surface area contributed by atoms with E-state index in [0.29, 0.717) is 0 Å². The molecule has 0 atom stereocenters. The van der Waals surface area contributed by atoms with Crippen molar-refractivity contribution in [3.05, 3.63) is 12.2 Å². The van der Waals surface area contributed by atoms with Crippen molar-refractivity contribution in [3.8, 4) is 0 Å². The number of carbonyl (C=O) groups is 1. The average molecular weight is 328 g/mol. The average Bonchev–Trinajstić information content (AvgIpc) is 2.22. The lowest BCUT2D eigenvalue weighted by atomic mass is 10.3. The number of alkyl halides is 3. The van der Waals surface area contributed by atoms with Crippen LogP contribution in [0.25, 0.3) is 0 Å². The molecule has 0 aromatic rings. The standard InChI is InChI=1S/C12H23F3O3Si2/c1-9(2)10(16)17-11(3,4)20(5,6)18-19-8-7-12(13,14)15/h1,7-8,19H2,2-6H3. The number of rotatable bonds is 7. The lowest BCUT2D eigenvalue weighted by molar-refractivity contribution is -0.146. The number of hydrogen-bond acceptors (Lipinski definition) is 3. The molecule has 3 nitrogen and oxygen atoms in total. The van der Waals surface area contributed by atoms with Crippen LogP contribution in [-0.4, -0.2) is 35.5 Å². The molecule has 0 aliphatic rings. The Labute approximate surface area is 121 Å². The minimum Gasteiger partial charge on any atom is -0.458 e. The zero-order valence-corrected chi connectivity index (χ0v) is 15.1. The van der Waals surface area contributed by atoms with Gasteiger partial charge in [-0.05, 0) is 39.9 Å². The van der Waals surface area contributed by atoms with Crippen LogP contribution in [0.3, 0.4) is 0 Å². The Morgan fingerprint density at radius 3 is 2.20 bits per heavy atom. The summed E-state index contributed by atoms with van der Waals surface area (Å²) in [5.74, 6) is -0.504. The molecule has 20 heavy (non-hydrogen) atoms. The van der Waals surface area contributed by atoms with E-state index in [-0.39, 0.29) is 11.6 Å². The first-order chi connectivity index (χ1) is 8.78. The molecule has 0 saturated carbocycles. The summed E-state index contributed by atoms with van der Waals surface area (Å²) in [4.78, 5) is 11.6. The third-order valence-corrected chi connectivity index (χ3v) is 10.6. The fourth-order valence-electron chi connectivity index (χ4n) is 1.22. The van der Waals surface area contributed by atoms with Gasteiger partial charge < -0.3 is 8.85 Å². The van der Waals surface area contributed by atoms with E-state index in [2.05, 4.69) is 6.58 Å². The highest BCUT2D eigenvalue weighted by Crippen LogP contribution is 2.27. The van der Waals surface area contributed by atoms with E-state index < -0.39 is 41.9 Å². The highest BCUT2D eigenvalue weighted by Gasteiger charge is 2.44. The molecule has 0 radical (unpaired) electrons. The number of ether oxygens (including phenoxy) is 1. The number of carbonyl (C=O) groups excluding carboxylic acids is 1. The van der Waals surface area contributed by atoms with Crippen molar-refractivity contribution >= 4 is 24.0 Å². The van der Waals surface area contributed by atoms with Crippen LogP contribution in [0, 0.1) is 0 Å². The predicted molar refractivity (Wildman–Crippen MR) is 77.6 cm³/mol. The van der Waals surface area contributed by atoms with Crippen molar-refractivity contribution in [3.63, 3.8) is 0 Å². The lowest BCUT2D eigenvalue weighted by Crippen LogP contribution is -2.55. The highest BCUT2D eigenvalue weighted by molar-refractivity contribution is 6.77. The van der Waals surface area contributed by atoms with Crippen LogP contribution in [-0.2, 0) is 13.6 Å². The van der Waals surface area contributed by atoms with E-state index in [1.807, 2.05) is 13.1 Å². The van der Waals surface area contributed by atoms with Crippen LogP contribution in [0.1, 0.15) is 27.2 Å². The SMILES string of the molecule is C=C(C)C(=O)OC(C)(C)[Si](C)(C)O[SiH2]CCC(F)(F)F. The van der Waals surface area contributed by atoms with Gasteiger partial charge in [0.25, 0.3) is 0 Å². The van der Waals surface area contributed by atoms with Gasteiger partial charge in [-0.3, -0.25) is 0 Å². The second-order valence-corrected chi connectivity index (χ2v) is 12.3. The smallest absolute Gasteiger partial charge is 0.388 e. The summed E-state index contributed by atoms with van der Waals surface area (Å²) < 4.78 is 47.3. The normalized spacial score (nSPS) is 13.8. The molecule has 8 heteroatoms. The van der Waals surface area contributed by atoms with Gasteiger partial charge in [0.1, 0.15) is 15.0 Å². The Kier molecular flexibility index (Phi) is 6.69. The molecule has 0 rings (SSSR count). The Balaban J connectivity index is 4.46. The molecule has 0 aliphatic heterocycles. The van der Waals surface area contributed by atoms with Crippen molar-refractivity contribution in [1.29, 1.82) is 0 Å². The van der Waals surface area contributed by atoms with Gasteiger partial charge in [-0.25, -0.2) is 4.79 Å². The summed E-state index contributed by atoms with van der Waals surface area (Å²) in [6.07, 6.45) is -4.94. The second-order valence-electron chi connectivity index (χ2n) is 5.76. The molecule has 0 unspecified atom stereocenters. The first-order valence-electron chi connectivity index (χ1n) is 6.38. The molecule has 0 amide bonds. The maximum Gasteiger partial charge on any atom is 0.388 e. The van der Waals surface area contributed by atoms with Gasteiger partial charge in [0.05, 0.1) is 0 Å². The summed E-state index contributed by atoms with van der Waals surface area (Å²) in [7, 11) is -3.70. The van der Waals surface area contributed by atoms with Crippen molar-refractivity contribution < 1.29 is 26.8 Å². The number of halogens is 3. The zero-order chi connectivity index (χ0) is 16.2. The van der Waals surface area contributed by atoms with Gasteiger partial charge in [0, 0.05) is 12.0 Å². The van der Waals surface area contributed by atoms with E-state index in [4.69, 9.17) is 8.85 Å². The minimum atomic E-state index is -4.13. The monoisotopic (exact) mass is 328 g/mol. The van der Waals surface area contributed by atoms with E-state index in [1.54, 1.807) is 20.8 Å². The van der Waals surface area contributed by atoms with Gasteiger partial charge in [-0.1, -0.05) is 6.58 Å². The third kappa shape index (κ3) is 6.71. The lowest BCUT2D eigenvalue weighted by Gasteiger charge is -2.39. The summed E-state index contributed by atoms with van der Waals surface area (Å²) in [6.45, 7) is 12.2. The van der Waals surface area contributed by atoms with Crippen molar-refractivity contribution in [2.75, 3.05) is 0 Å². The van der Waals surface area contributed by atoms with Gasteiger partial charge in [0.15, 0.2) is 0 Å². The fraction of sp³-hybridized carbons (Fsp3) is 0.750. The first-order valence-corrected chi connectivity index (χ1v) is 10.9. The molecule has 0 aromatic carbocycles. The van der Waals surface area contributed by atoms with Gasteiger partial charge >= 0.3 is 12.1 Å². The Bertz CT molecular complexity index is 365. The van der Waals surface area contributed by atoms with Crippen molar-refractivity contribution in [2.45, 2.75) is 57.7 Å². The van der Waals surface area contributed by atoms with Crippen LogP contribution >= 0.6 is 0 Å². The van der Waals surface area contributed by atoms with Crippen LogP contribution in [0.15, 0.2) is 12.2 Å². The number of esters is 1. The molecule has 118 valence electrons. The highest BCUT2D eigenvalue weighted by atomic mass is 28.4. The second kappa shape index (κ2) is 6.90. The molecule has 0 aromatic heterocycles. The van der Waals surface area contributed by atoms with Crippen molar-refractivity contribution in [1.82, 2.24) is 0 Å². The minimum absolute atomic E-state index is 0.0461. The van der Waals surface area contributed by atoms with E-state index in [1.165, 1.54) is 0 Å². The Morgan fingerprint density at radius 2 is 1.80 bits per heavy atom. The molecule has 0 heterocycles. The first kappa shape index (κ1) is 19.4. The largest absolute Gasteiger partial charge is 0.458 e. The molecular weight excluding hydrogens is 305 g/mol. The van der Waals surface area contributed by atoms with Crippen molar-refractivity contribution in [2.24, 2.45) is 0 Å². The Morgan fingerprint density at radius 1 is 1.30 bits per heavy atom. The summed E-state index contributed by atoms with van der Waals surface area (Å²) in [6, 6.07) is 0.0461. The van der Waals surface area contributed by atoms with E-state index in [0.717, 1.165) is 0 Å². The van der Waals surface area contributed by atoms with Gasteiger partial charge in [0.2, 0.25) is 8.32 Å². The zero-order valence-electron chi connectivity index (χ0n) is 12.7. The van der Waals surface area contributed by atoms with E-state index >= 15 is 0 Å². The topological polar surface area (TPSA) is 35.5 Å². The van der Waals surface area contributed by atoms with Gasteiger partial charge in [-0.15, -0.1) is 0 Å². The van der Waals surface area contributed by atoms with Crippen LogP contribution < -0.4 is 0 Å². The molecular formula is C12H23F3O3Si2. The molecule has 0 N–H and O–H groups in total. The summed E-state index contributed by atoms with van der Waals surface area (Å²) >= 11 is 0. The summed E-state index contributed by atoms with van der Waals surface area (Å²) in [5, 5.41) is -0.811. The summed E-state index contributed by atoms with van der Waals surface area (Å²) in [5.41, 5.74) is 0.289. The predicted octanol–water partition coefficient (Wildman–Crippen LogP) is 3.10. The molecule has 0 bridgehead atoms. The molecule has 0 spiro atoms. The van der Waals surface area contributed by atoms with Crippen LogP contribution in [0.4, 0.5) is 13.2 Å². The number of hydrogen-bond donors (Lipinski definition) is 0. The quantitative estimate of drug-likeness (QED) is 0.312. The maximum atomic E-state index is 12.1. The molecule has 0 saturated heterocycles. The molecule has 0 fully saturated rings. The fourth-order valence-corrected chi connectivity index (χ4v) is 6.11. The maximum absolute atomic E-state index is 12.1. The van der Waals surface area contributed by atoms with Crippen LogP contribution in [0.2, 0.25) is 19.1 Å². The Hall–Kier alpha value is -0.606. The third-order valence-electron chi connectivity index (χ3n) is 3.21. The molecule has 0 aliphatic carbocycles. The van der Waals surface area contributed by atoms with E-state index in [9.17, 15) is 18.0 Å². The van der Waals surface area contributed by atoms with Crippen LogP contribution in [0.5, 0.6) is 0 Å². The van der Waals surface area contributed by atoms with Gasteiger partial charge in [-0.2, -0.15) is 13.2 Å².